The van der Waals surface area contributed by atoms with Crippen LogP contribution >= 0.6 is 11.6 Å². The molecule has 0 spiro atoms. The van der Waals surface area contributed by atoms with E-state index in [1.807, 2.05) is 0 Å². The number of anilines is 1. The van der Waals surface area contributed by atoms with Gasteiger partial charge >= 0.3 is 0 Å². The van der Waals surface area contributed by atoms with Crippen molar-refractivity contribution in [3.05, 3.63) is 12.3 Å². The number of ether oxygens (including phenoxy) is 1. The molecule has 0 aromatic carbocycles. The van der Waals surface area contributed by atoms with Gasteiger partial charge in [-0.05, 0) is 18.8 Å². The van der Waals surface area contributed by atoms with Gasteiger partial charge in [-0.1, -0.05) is 12.8 Å². The SMILES string of the molecule is COc1ccnc(NC2CCCCC2CCl)n1. The van der Waals surface area contributed by atoms with E-state index >= 15 is 0 Å². The minimum Gasteiger partial charge on any atom is -0.481 e. The molecule has 2 unspecified atom stereocenters. The molecule has 0 amide bonds. The highest BCUT2D eigenvalue weighted by molar-refractivity contribution is 6.18. The van der Waals surface area contributed by atoms with Gasteiger partial charge in [0, 0.05) is 24.2 Å². The van der Waals surface area contributed by atoms with Crippen molar-refractivity contribution < 1.29 is 4.74 Å². The Kier molecular flexibility index (Phi) is 4.42. The summed E-state index contributed by atoms with van der Waals surface area (Å²) < 4.78 is 5.08. The van der Waals surface area contributed by atoms with Crippen molar-refractivity contribution in [2.75, 3.05) is 18.3 Å². The molecule has 0 radical (unpaired) electrons. The number of nitrogens with zero attached hydrogens (tertiary/aromatic N) is 2. The summed E-state index contributed by atoms with van der Waals surface area (Å²) in [7, 11) is 1.61. The van der Waals surface area contributed by atoms with Crippen molar-refractivity contribution in [1.82, 2.24) is 9.97 Å². The number of aromatic nitrogens is 2. The number of methoxy groups -OCH3 is 1. The van der Waals surface area contributed by atoms with Crippen molar-refractivity contribution >= 4 is 17.5 Å². The molecule has 1 aliphatic rings. The van der Waals surface area contributed by atoms with Gasteiger partial charge in [0.25, 0.3) is 0 Å². The Bertz CT molecular complexity index is 361. The maximum Gasteiger partial charge on any atom is 0.226 e. The lowest BCUT2D eigenvalue weighted by molar-refractivity contribution is 0.350. The van der Waals surface area contributed by atoms with Gasteiger partial charge in [0.15, 0.2) is 0 Å². The zero-order chi connectivity index (χ0) is 12.1. The highest BCUT2D eigenvalue weighted by Gasteiger charge is 2.24. The summed E-state index contributed by atoms with van der Waals surface area (Å²) in [5.41, 5.74) is 0. The quantitative estimate of drug-likeness (QED) is 0.841. The molecule has 1 aliphatic carbocycles. The molecule has 2 rings (SSSR count). The first-order valence-electron chi connectivity index (χ1n) is 6.03. The lowest BCUT2D eigenvalue weighted by Gasteiger charge is -2.30. The van der Waals surface area contributed by atoms with E-state index < -0.39 is 0 Å². The Morgan fingerprint density at radius 2 is 2.29 bits per heavy atom. The Hall–Kier alpha value is -1.03. The third-order valence-electron chi connectivity index (χ3n) is 3.26. The van der Waals surface area contributed by atoms with E-state index in [4.69, 9.17) is 16.3 Å². The number of hydrogen-bond donors (Lipinski definition) is 1. The van der Waals surface area contributed by atoms with Crippen molar-refractivity contribution in [3.63, 3.8) is 0 Å². The topological polar surface area (TPSA) is 47.0 Å². The summed E-state index contributed by atoms with van der Waals surface area (Å²) in [5, 5.41) is 3.37. The molecule has 1 N–H and O–H groups in total. The van der Waals surface area contributed by atoms with Crippen LogP contribution < -0.4 is 10.1 Å². The standard InChI is InChI=1S/C12H18ClN3O/c1-17-11-6-7-14-12(16-11)15-10-5-3-2-4-9(10)8-13/h6-7,9-10H,2-5,8H2,1H3,(H,14,15,16). The molecule has 0 aliphatic heterocycles. The van der Waals surface area contributed by atoms with Crippen LogP contribution in [0.5, 0.6) is 5.88 Å². The van der Waals surface area contributed by atoms with Crippen molar-refractivity contribution in [2.45, 2.75) is 31.7 Å². The van der Waals surface area contributed by atoms with Gasteiger partial charge in [0.2, 0.25) is 11.8 Å². The van der Waals surface area contributed by atoms with Crippen molar-refractivity contribution in [1.29, 1.82) is 0 Å². The van der Waals surface area contributed by atoms with Gasteiger partial charge in [0.05, 0.1) is 7.11 Å². The van der Waals surface area contributed by atoms with Gasteiger partial charge < -0.3 is 10.1 Å². The Morgan fingerprint density at radius 1 is 1.47 bits per heavy atom. The second-order valence-electron chi connectivity index (χ2n) is 4.37. The van der Waals surface area contributed by atoms with Crippen LogP contribution in [0, 0.1) is 5.92 Å². The van der Waals surface area contributed by atoms with Crippen LogP contribution in [0.1, 0.15) is 25.7 Å². The van der Waals surface area contributed by atoms with E-state index in [1.165, 1.54) is 19.3 Å². The molecule has 1 fully saturated rings. The van der Waals surface area contributed by atoms with Crippen LogP contribution in [0.4, 0.5) is 5.95 Å². The zero-order valence-corrected chi connectivity index (χ0v) is 10.8. The highest BCUT2D eigenvalue weighted by atomic mass is 35.5. The summed E-state index contributed by atoms with van der Waals surface area (Å²) in [4.78, 5) is 8.47. The minimum absolute atomic E-state index is 0.383. The second-order valence-corrected chi connectivity index (χ2v) is 4.68. The third kappa shape index (κ3) is 3.22. The number of hydrogen-bond acceptors (Lipinski definition) is 4. The van der Waals surface area contributed by atoms with Crippen LogP contribution in [-0.2, 0) is 0 Å². The van der Waals surface area contributed by atoms with Crippen molar-refractivity contribution in [2.24, 2.45) is 5.92 Å². The zero-order valence-electron chi connectivity index (χ0n) is 10.0. The van der Waals surface area contributed by atoms with Crippen LogP contribution in [-0.4, -0.2) is 29.0 Å². The summed E-state index contributed by atoms with van der Waals surface area (Å²) in [6.07, 6.45) is 6.54. The van der Waals surface area contributed by atoms with Gasteiger partial charge in [-0.3, -0.25) is 0 Å². The fourth-order valence-corrected chi connectivity index (χ4v) is 2.64. The summed E-state index contributed by atoms with van der Waals surface area (Å²) in [6.45, 7) is 0. The predicted molar refractivity (Wildman–Crippen MR) is 68.7 cm³/mol. The fourth-order valence-electron chi connectivity index (χ4n) is 2.27. The summed E-state index contributed by atoms with van der Waals surface area (Å²) >= 11 is 5.99. The molecule has 1 aromatic rings. The molecule has 1 saturated carbocycles. The van der Waals surface area contributed by atoms with Crippen molar-refractivity contribution in [3.8, 4) is 5.88 Å². The molecule has 5 heteroatoms. The molecule has 17 heavy (non-hydrogen) atoms. The maximum atomic E-state index is 5.99. The molecule has 0 bridgehead atoms. The molecule has 1 aromatic heterocycles. The molecule has 4 nitrogen and oxygen atoms in total. The average Bonchev–Trinajstić information content (AvgIpc) is 2.39. The van der Waals surface area contributed by atoms with Gasteiger partial charge in [-0.25, -0.2) is 4.98 Å². The summed E-state index contributed by atoms with van der Waals surface area (Å²) in [5.74, 6) is 2.43. The maximum absolute atomic E-state index is 5.99. The van der Waals surface area contributed by atoms with E-state index in [-0.39, 0.29) is 0 Å². The Morgan fingerprint density at radius 3 is 3.06 bits per heavy atom. The molecular formula is C12H18ClN3O. The third-order valence-corrected chi connectivity index (χ3v) is 3.66. The van der Waals surface area contributed by atoms with E-state index in [0.717, 1.165) is 6.42 Å². The lowest BCUT2D eigenvalue weighted by Crippen LogP contribution is -2.33. The first kappa shape index (κ1) is 12.4. The first-order chi connectivity index (χ1) is 8.33. The highest BCUT2D eigenvalue weighted by Crippen LogP contribution is 2.27. The van der Waals surface area contributed by atoms with E-state index in [2.05, 4.69) is 15.3 Å². The van der Waals surface area contributed by atoms with Crippen LogP contribution in [0.25, 0.3) is 0 Å². The molecule has 0 saturated heterocycles. The monoisotopic (exact) mass is 255 g/mol. The van der Waals surface area contributed by atoms with E-state index in [1.54, 1.807) is 19.4 Å². The van der Waals surface area contributed by atoms with Gasteiger partial charge in [-0.15, -0.1) is 11.6 Å². The van der Waals surface area contributed by atoms with E-state index in [0.29, 0.717) is 29.7 Å². The number of halogens is 1. The Labute approximate surface area is 107 Å². The van der Waals surface area contributed by atoms with E-state index in [9.17, 15) is 0 Å². The van der Waals surface area contributed by atoms with Crippen LogP contribution in [0.3, 0.4) is 0 Å². The summed E-state index contributed by atoms with van der Waals surface area (Å²) in [6, 6.07) is 2.12. The number of rotatable bonds is 4. The molecular weight excluding hydrogens is 238 g/mol. The fraction of sp³-hybridized carbons (Fsp3) is 0.667. The molecule has 1 heterocycles. The van der Waals surface area contributed by atoms with Gasteiger partial charge in [0.1, 0.15) is 0 Å². The predicted octanol–water partition coefficient (Wildman–Crippen LogP) is 2.69. The number of alkyl halides is 1. The second kappa shape index (κ2) is 6.05. The smallest absolute Gasteiger partial charge is 0.226 e. The largest absolute Gasteiger partial charge is 0.481 e. The number of nitrogens with one attached hydrogen (secondary N) is 1. The minimum atomic E-state index is 0.383. The molecule has 2 atom stereocenters. The first-order valence-corrected chi connectivity index (χ1v) is 6.56. The lowest BCUT2D eigenvalue weighted by atomic mass is 9.86. The van der Waals surface area contributed by atoms with Crippen LogP contribution in [0.2, 0.25) is 0 Å². The normalized spacial score (nSPS) is 24.4. The molecule has 94 valence electrons. The average molecular weight is 256 g/mol. The Balaban J connectivity index is 2.02. The van der Waals surface area contributed by atoms with Gasteiger partial charge in [-0.2, -0.15) is 4.98 Å². The van der Waals surface area contributed by atoms with Crippen LogP contribution in [0.15, 0.2) is 12.3 Å².